The van der Waals surface area contributed by atoms with Crippen LogP contribution < -0.4 is 0 Å². The van der Waals surface area contributed by atoms with Gasteiger partial charge in [-0.1, -0.05) is 57.6 Å². The topological polar surface area (TPSA) is 37.3 Å². The summed E-state index contributed by atoms with van der Waals surface area (Å²) in [6.07, 6.45) is 18.3. The average molecular weight is 294 g/mol. The minimum Gasteiger partial charge on any atom is -0.481 e. The van der Waals surface area contributed by atoms with Crippen molar-refractivity contribution in [2.75, 3.05) is 0 Å². The largest absolute Gasteiger partial charge is 2.00 e. The Hall–Kier alpha value is 0.470. The molecule has 0 atom stereocenters. The fraction of sp³-hybridized carbons (Fsp3) is 0.812. The molecule has 0 spiro atoms. The number of hydrogen-bond acceptors (Lipinski definition) is 1. The molecule has 0 unspecified atom stereocenters. The van der Waals surface area contributed by atoms with E-state index in [4.69, 9.17) is 5.11 Å². The van der Waals surface area contributed by atoms with Crippen LogP contribution in [0.5, 0.6) is 0 Å². The summed E-state index contributed by atoms with van der Waals surface area (Å²) in [5.41, 5.74) is 0. The van der Waals surface area contributed by atoms with Gasteiger partial charge in [-0.05, 0) is 32.1 Å². The van der Waals surface area contributed by atoms with Crippen LogP contribution in [0.25, 0.3) is 0 Å². The molecule has 0 radical (unpaired) electrons. The molecule has 0 aromatic rings. The zero-order chi connectivity index (χ0) is 13.5. The fourth-order valence-electron chi connectivity index (χ4n) is 1.99. The van der Waals surface area contributed by atoms with Gasteiger partial charge in [0.25, 0.3) is 0 Å². The predicted molar refractivity (Wildman–Crippen MR) is 83.6 cm³/mol. The molecule has 0 fully saturated rings. The van der Waals surface area contributed by atoms with Crippen molar-refractivity contribution in [3.05, 3.63) is 12.2 Å². The summed E-state index contributed by atoms with van der Waals surface area (Å²) in [6.45, 7) is 2.24. The molecule has 0 amide bonds. The van der Waals surface area contributed by atoms with E-state index >= 15 is 0 Å². The van der Waals surface area contributed by atoms with Crippen LogP contribution in [0.15, 0.2) is 12.2 Å². The molecule has 106 valence electrons. The maximum atomic E-state index is 10.3. The molecule has 1 N–H and O–H groups in total. The summed E-state index contributed by atoms with van der Waals surface area (Å²) in [6, 6.07) is 0. The number of carboxylic acid groups (broad SMARTS) is 1. The van der Waals surface area contributed by atoms with E-state index in [9.17, 15) is 4.79 Å². The van der Waals surface area contributed by atoms with E-state index in [0.717, 1.165) is 12.8 Å². The van der Waals surface area contributed by atoms with Gasteiger partial charge >= 0.3 is 43.7 Å². The number of aliphatic carboxylic acids is 1. The Morgan fingerprint density at radius 3 is 1.84 bits per heavy atom. The standard InChI is InChI=1S/C16H30O2.Ca/c1-2-3-4-5-6-7-8-9-10-11-12-13-14-15-16(17)18;/h7-8H,2-6,9-15H2,1H3,(H,17,18);/q;+2/b8-7-;. The van der Waals surface area contributed by atoms with Crippen LogP contribution in [0.3, 0.4) is 0 Å². The number of carboxylic acids is 1. The maximum absolute atomic E-state index is 10.3. The first-order valence-corrected chi connectivity index (χ1v) is 7.64. The van der Waals surface area contributed by atoms with Gasteiger partial charge in [-0.15, -0.1) is 0 Å². The Bertz CT molecular complexity index is 215. The van der Waals surface area contributed by atoms with E-state index in [1.165, 1.54) is 57.8 Å². The van der Waals surface area contributed by atoms with Crippen LogP contribution in [-0.4, -0.2) is 48.8 Å². The molecule has 19 heavy (non-hydrogen) atoms. The van der Waals surface area contributed by atoms with E-state index in [1.54, 1.807) is 0 Å². The predicted octanol–water partition coefficient (Wildman–Crippen LogP) is 4.95. The fourth-order valence-corrected chi connectivity index (χ4v) is 1.99. The summed E-state index contributed by atoms with van der Waals surface area (Å²) < 4.78 is 0. The minimum atomic E-state index is -0.666. The van der Waals surface area contributed by atoms with Gasteiger partial charge in [0.05, 0.1) is 0 Å². The van der Waals surface area contributed by atoms with Crippen molar-refractivity contribution in [2.45, 2.75) is 84.0 Å². The van der Waals surface area contributed by atoms with E-state index < -0.39 is 5.97 Å². The molecule has 0 heterocycles. The average Bonchev–Trinajstić information content (AvgIpc) is 2.34. The van der Waals surface area contributed by atoms with Crippen LogP contribution in [0.2, 0.25) is 0 Å². The number of allylic oxidation sites excluding steroid dienone is 2. The van der Waals surface area contributed by atoms with E-state index in [2.05, 4.69) is 19.1 Å². The molecule has 0 saturated carbocycles. The van der Waals surface area contributed by atoms with Crippen LogP contribution in [0.4, 0.5) is 0 Å². The van der Waals surface area contributed by atoms with Crippen LogP contribution >= 0.6 is 0 Å². The minimum absolute atomic E-state index is 0. The Morgan fingerprint density at radius 1 is 0.842 bits per heavy atom. The second-order valence-electron chi connectivity index (χ2n) is 5.02. The monoisotopic (exact) mass is 294 g/mol. The summed E-state index contributed by atoms with van der Waals surface area (Å²) in [4.78, 5) is 10.3. The third-order valence-corrected chi connectivity index (χ3v) is 3.15. The molecule has 0 aliphatic rings. The van der Waals surface area contributed by atoms with Gasteiger partial charge in [-0.3, -0.25) is 4.79 Å². The van der Waals surface area contributed by atoms with Crippen LogP contribution in [0, 0.1) is 0 Å². The summed E-state index contributed by atoms with van der Waals surface area (Å²) >= 11 is 0. The molecule has 0 aliphatic carbocycles. The summed E-state index contributed by atoms with van der Waals surface area (Å²) in [5.74, 6) is -0.666. The van der Waals surface area contributed by atoms with Crippen molar-refractivity contribution in [3.63, 3.8) is 0 Å². The Kier molecular flexibility index (Phi) is 21.2. The van der Waals surface area contributed by atoms with Gasteiger partial charge in [-0.2, -0.15) is 0 Å². The number of hydrogen-bond donors (Lipinski definition) is 1. The van der Waals surface area contributed by atoms with E-state index in [0.29, 0.717) is 6.42 Å². The Labute approximate surface area is 149 Å². The number of rotatable bonds is 13. The smallest absolute Gasteiger partial charge is 0.481 e. The van der Waals surface area contributed by atoms with Crippen LogP contribution in [0.1, 0.15) is 84.0 Å². The molecule has 0 aromatic heterocycles. The molecule has 3 heteroatoms. The van der Waals surface area contributed by atoms with E-state index in [-0.39, 0.29) is 37.7 Å². The van der Waals surface area contributed by atoms with Crippen molar-refractivity contribution in [1.82, 2.24) is 0 Å². The molecule has 0 aliphatic heterocycles. The molecule has 0 saturated heterocycles. The Morgan fingerprint density at radius 2 is 1.32 bits per heavy atom. The molecule has 0 bridgehead atoms. The van der Waals surface area contributed by atoms with Crippen LogP contribution in [-0.2, 0) is 4.79 Å². The van der Waals surface area contributed by atoms with Crippen molar-refractivity contribution in [3.8, 4) is 0 Å². The van der Waals surface area contributed by atoms with Gasteiger partial charge in [0, 0.05) is 6.42 Å². The van der Waals surface area contributed by atoms with Crippen molar-refractivity contribution >= 4 is 43.7 Å². The molecule has 0 rings (SSSR count). The van der Waals surface area contributed by atoms with Gasteiger partial charge in [0.2, 0.25) is 0 Å². The maximum Gasteiger partial charge on any atom is 2.00 e. The van der Waals surface area contributed by atoms with Gasteiger partial charge in [0.15, 0.2) is 0 Å². The number of unbranched alkanes of at least 4 members (excludes halogenated alkanes) is 9. The zero-order valence-corrected chi connectivity index (χ0v) is 14.9. The van der Waals surface area contributed by atoms with Gasteiger partial charge in [0.1, 0.15) is 0 Å². The quantitative estimate of drug-likeness (QED) is 0.296. The normalized spacial score (nSPS) is 10.6. The first kappa shape index (κ1) is 21.8. The Balaban J connectivity index is 0. The summed E-state index contributed by atoms with van der Waals surface area (Å²) in [5, 5.41) is 8.48. The number of carbonyl (C=O) groups is 1. The third-order valence-electron chi connectivity index (χ3n) is 3.15. The first-order valence-electron chi connectivity index (χ1n) is 7.64. The second-order valence-corrected chi connectivity index (χ2v) is 5.02. The molecular weight excluding hydrogens is 264 g/mol. The zero-order valence-electron chi connectivity index (χ0n) is 12.7. The molecule has 0 aromatic carbocycles. The molecular formula is C16H30CaO2+2. The molecule has 2 nitrogen and oxygen atoms in total. The first-order chi connectivity index (χ1) is 8.77. The van der Waals surface area contributed by atoms with Crippen molar-refractivity contribution in [2.24, 2.45) is 0 Å². The summed E-state index contributed by atoms with van der Waals surface area (Å²) in [7, 11) is 0. The third kappa shape index (κ3) is 20.9. The van der Waals surface area contributed by atoms with E-state index in [1.807, 2.05) is 0 Å². The van der Waals surface area contributed by atoms with Crippen molar-refractivity contribution < 1.29 is 9.90 Å². The SMILES string of the molecule is CCCCCC/C=C\CCCCCCCC(=O)O.[Ca+2]. The van der Waals surface area contributed by atoms with Gasteiger partial charge in [-0.25, -0.2) is 0 Å². The van der Waals surface area contributed by atoms with Gasteiger partial charge < -0.3 is 5.11 Å². The second kappa shape index (κ2) is 18.5. The van der Waals surface area contributed by atoms with Crippen molar-refractivity contribution in [1.29, 1.82) is 0 Å².